The van der Waals surface area contributed by atoms with Crippen molar-refractivity contribution in [3.8, 4) is 5.69 Å². The minimum Gasteiger partial charge on any atom is -0.333 e. The molecule has 0 bridgehead atoms. The Labute approximate surface area is 169 Å². The van der Waals surface area contributed by atoms with E-state index < -0.39 is 24.4 Å². The predicted octanol–water partition coefficient (Wildman–Crippen LogP) is 3.53. The van der Waals surface area contributed by atoms with Gasteiger partial charge in [0.1, 0.15) is 23.9 Å². The van der Waals surface area contributed by atoms with Gasteiger partial charge in [0.05, 0.1) is 6.54 Å². The first-order valence-corrected chi connectivity index (χ1v) is 9.42. The normalized spacial score (nSPS) is 13.5. The second-order valence-corrected chi connectivity index (χ2v) is 7.24. The summed E-state index contributed by atoms with van der Waals surface area (Å²) in [5.74, 6) is -0.769. The molecular formula is C20H19F4N5O. The Morgan fingerprint density at radius 2 is 2.00 bits per heavy atom. The Morgan fingerprint density at radius 3 is 2.73 bits per heavy atom. The van der Waals surface area contributed by atoms with Crippen molar-refractivity contribution < 1.29 is 22.4 Å². The number of halogens is 4. The van der Waals surface area contributed by atoms with E-state index in [0.717, 1.165) is 22.2 Å². The lowest BCUT2D eigenvalue weighted by Crippen LogP contribution is -2.30. The molecular weight excluding hydrogens is 402 g/mol. The Morgan fingerprint density at radius 1 is 1.23 bits per heavy atom. The van der Waals surface area contributed by atoms with Crippen LogP contribution in [0.3, 0.4) is 0 Å². The van der Waals surface area contributed by atoms with Gasteiger partial charge in [-0.3, -0.25) is 4.79 Å². The third kappa shape index (κ3) is 3.81. The first-order chi connectivity index (χ1) is 14.2. The number of nitrogens with zero attached hydrogens (tertiary/aromatic N) is 5. The van der Waals surface area contributed by atoms with Crippen LogP contribution in [-0.4, -0.2) is 43.4 Å². The maximum absolute atomic E-state index is 14.3. The van der Waals surface area contributed by atoms with Crippen LogP contribution in [0.25, 0.3) is 5.69 Å². The highest BCUT2D eigenvalue weighted by Gasteiger charge is 2.31. The van der Waals surface area contributed by atoms with Crippen molar-refractivity contribution in [3.05, 3.63) is 65.3 Å². The van der Waals surface area contributed by atoms with Crippen molar-refractivity contribution in [2.24, 2.45) is 0 Å². The highest BCUT2D eigenvalue weighted by Crippen LogP contribution is 2.29. The van der Waals surface area contributed by atoms with Crippen molar-refractivity contribution >= 4 is 5.91 Å². The molecule has 30 heavy (non-hydrogen) atoms. The zero-order chi connectivity index (χ0) is 21.5. The first-order valence-electron chi connectivity index (χ1n) is 9.42. The van der Waals surface area contributed by atoms with Gasteiger partial charge in [0, 0.05) is 30.7 Å². The molecule has 1 aliphatic rings. The molecule has 2 aromatic heterocycles. The van der Waals surface area contributed by atoms with E-state index in [0.29, 0.717) is 12.8 Å². The molecule has 10 heteroatoms. The third-order valence-electron chi connectivity index (χ3n) is 5.09. The molecule has 0 aliphatic heterocycles. The number of para-hydroxylation sites is 1. The van der Waals surface area contributed by atoms with Crippen molar-refractivity contribution in [2.75, 3.05) is 7.05 Å². The largest absolute Gasteiger partial charge is 0.406 e. The summed E-state index contributed by atoms with van der Waals surface area (Å²) in [6.07, 6.45) is 0.236. The molecule has 1 aromatic carbocycles. The highest BCUT2D eigenvalue weighted by molar-refractivity contribution is 5.94. The maximum atomic E-state index is 14.3. The fourth-order valence-corrected chi connectivity index (χ4v) is 3.73. The minimum atomic E-state index is -4.39. The summed E-state index contributed by atoms with van der Waals surface area (Å²) < 4.78 is 54.9. The smallest absolute Gasteiger partial charge is 0.333 e. The van der Waals surface area contributed by atoms with Gasteiger partial charge in [-0.25, -0.2) is 14.1 Å². The Hall–Kier alpha value is -3.17. The topological polar surface area (TPSA) is 56.0 Å². The van der Waals surface area contributed by atoms with E-state index in [9.17, 15) is 22.4 Å². The van der Waals surface area contributed by atoms with Crippen LogP contribution < -0.4 is 0 Å². The lowest BCUT2D eigenvalue weighted by Gasteiger charge is -2.18. The van der Waals surface area contributed by atoms with E-state index in [2.05, 4.69) is 10.1 Å². The average molecular weight is 421 g/mol. The summed E-state index contributed by atoms with van der Waals surface area (Å²) in [5.41, 5.74) is 2.00. The number of hydrogen-bond donors (Lipinski definition) is 0. The number of carbonyl (C=O) groups excluding carboxylic acids is 1. The van der Waals surface area contributed by atoms with E-state index in [-0.39, 0.29) is 23.8 Å². The summed E-state index contributed by atoms with van der Waals surface area (Å²) in [4.78, 5) is 18.3. The number of carbonyl (C=O) groups is 1. The number of benzene rings is 1. The molecule has 0 saturated heterocycles. The number of amides is 1. The van der Waals surface area contributed by atoms with Gasteiger partial charge in [-0.2, -0.15) is 18.3 Å². The lowest BCUT2D eigenvalue weighted by atomic mass is 10.2. The van der Waals surface area contributed by atoms with Crippen LogP contribution in [0.5, 0.6) is 0 Å². The van der Waals surface area contributed by atoms with Crippen molar-refractivity contribution in [3.63, 3.8) is 0 Å². The molecule has 3 aromatic rings. The van der Waals surface area contributed by atoms with Gasteiger partial charge in [-0.05, 0) is 31.4 Å². The number of alkyl halides is 3. The van der Waals surface area contributed by atoms with Crippen LogP contribution in [0.4, 0.5) is 17.6 Å². The van der Waals surface area contributed by atoms with Crippen molar-refractivity contribution in [2.45, 2.75) is 38.5 Å². The number of hydrogen-bond acceptors (Lipinski definition) is 3. The second kappa shape index (κ2) is 7.58. The summed E-state index contributed by atoms with van der Waals surface area (Å²) in [7, 11) is 1.48. The van der Waals surface area contributed by atoms with Crippen LogP contribution >= 0.6 is 0 Å². The van der Waals surface area contributed by atoms with Crippen LogP contribution in [-0.2, 0) is 25.9 Å². The molecule has 4 rings (SSSR count). The van der Waals surface area contributed by atoms with E-state index in [4.69, 9.17) is 0 Å². The quantitative estimate of drug-likeness (QED) is 0.593. The number of rotatable bonds is 5. The molecule has 0 spiro atoms. The van der Waals surface area contributed by atoms with Crippen LogP contribution in [0.1, 0.15) is 34.0 Å². The molecule has 1 aliphatic carbocycles. The summed E-state index contributed by atoms with van der Waals surface area (Å²) in [6.45, 7) is -1.29. The summed E-state index contributed by atoms with van der Waals surface area (Å²) in [6, 6.07) is 6.18. The minimum absolute atomic E-state index is 0.108. The average Bonchev–Trinajstić information content (AvgIpc) is 3.38. The maximum Gasteiger partial charge on any atom is 0.406 e. The van der Waals surface area contributed by atoms with E-state index in [1.165, 1.54) is 35.1 Å². The molecule has 2 heterocycles. The molecule has 158 valence electrons. The second-order valence-electron chi connectivity index (χ2n) is 7.24. The van der Waals surface area contributed by atoms with Gasteiger partial charge < -0.3 is 9.47 Å². The first kappa shape index (κ1) is 20.1. The Bertz CT molecular complexity index is 1090. The van der Waals surface area contributed by atoms with Gasteiger partial charge >= 0.3 is 6.18 Å². The highest BCUT2D eigenvalue weighted by atomic mass is 19.4. The Balaban J connectivity index is 1.61. The van der Waals surface area contributed by atoms with Gasteiger partial charge in [0.2, 0.25) is 0 Å². The standard InChI is InChI=1S/C20H19F4N5O/c1-27(11-17-25-9-10-28(17)12-20(22,23)24)19(30)18-13-5-4-8-15(13)29(26-18)16-7-3-2-6-14(16)21/h2-3,6-7,9-10H,4-5,8,11-12H2,1H3. The van der Waals surface area contributed by atoms with Gasteiger partial charge in [-0.1, -0.05) is 12.1 Å². The van der Waals surface area contributed by atoms with Gasteiger partial charge in [-0.15, -0.1) is 0 Å². The molecule has 0 N–H and O–H groups in total. The zero-order valence-corrected chi connectivity index (χ0v) is 16.2. The fourth-order valence-electron chi connectivity index (χ4n) is 3.73. The molecule has 0 fully saturated rings. The van der Waals surface area contributed by atoms with E-state index >= 15 is 0 Å². The summed E-state index contributed by atoms with van der Waals surface area (Å²) >= 11 is 0. The fraction of sp³-hybridized carbons (Fsp3) is 0.350. The van der Waals surface area contributed by atoms with E-state index in [1.54, 1.807) is 18.2 Å². The molecule has 0 atom stereocenters. The predicted molar refractivity (Wildman–Crippen MR) is 99.6 cm³/mol. The van der Waals surface area contributed by atoms with Crippen LogP contribution in [0, 0.1) is 5.82 Å². The molecule has 0 unspecified atom stereocenters. The number of imidazole rings is 1. The van der Waals surface area contributed by atoms with E-state index in [1.807, 2.05) is 0 Å². The lowest BCUT2D eigenvalue weighted by molar-refractivity contribution is -0.141. The number of aromatic nitrogens is 4. The number of fused-ring (bicyclic) bond motifs is 1. The summed E-state index contributed by atoms with van der Waals surface area (Å²) in [5, 5.41) is 4.37. The molecule has 0 saturated carbocycles. The Kier molecular flexibility index (Phi) is 5.08. The zero-order valence-electron chi connectivity index (χ0n) is 16.2. The van der Waals surface area contributed by atoms with Gasteiger partial charge in [0.15, 0.2) is 5.69 Å². The molecule has 1 amide bonds. The van der Waals surface area contributed by atoms with Gasteiger partial charge in [0.25, 0.3) is 5.91 Å². The third-order valence-corrected chi connectivity index (χ3v) is 5.09. The molecule has 0 radical (unpaired) electrons. The van der Waals surface area contributed by atoms with Crippen molar-refractivity contribution in [1.82, 2.24) is 24.2 Å². The van der Waals surface area contributed by atoms with Crippen molar-refractivity contribution in [1.29, 1.82) is 0 Å². The van der Waals surface area contributed by atoms with Crippen LogP contribution in [0.2, 0.25) is 0 Å². The SMILES string of the molecule is CN(Cc1nccn1CC(F)(F)F)C(=O)c1nn(-c2ccccc2F)c2c1CCC2. The molecule has 6 nitrogen and oxygen atoms in total. The van der Waals surface area contributed by atoms with Crippen LogP contribution in [0.15, 0.2) is 36.7 Å². The monoisotopic (exact) mass is 421 g/mol.